The number of aliphatic hydroxyl groups is 3. The van der Waals surface area contributed by atoms with Crippen molar-refractivity contribution >= 4 is 17.4 Å². The fourth-order valence-electron chi connectivity index (χ4n) is 3.83. The molecule has 0 saturated heterocycles. The molecule has 7 nitrogen and oxygen atoms in total. The minimum Gasteiger partial charge on any atom is -0.449 e. The fourth-order valence-corrected chi connectivity index (χ4v) is 4.68. The Bertz CT molecular complexity index is 1010. The van der Waals surface area contributed by atoms with E-state index in [9.17, 15) is 15.0 Å². The third-order valence-electron chi connectivity index (χ3n) is 5.40. The molecule has 0 fully saturated rings. The van der Waals surface area contributed by atoms with Crippen molar-refractivity contribution in [3.05, 3.63) is 75.7 Å². The second kappa shape index (κ2) is 9.57. The first kappa shape index (κ1) is 21.5. The third-order valence-corrected chi connectivity index (χ3v) is 6.37. The van der Waals surface area contributed by atoms with Gasteiger partial charge in [-0.3, -0.25) is 0 Å². The molecule has 0 radical (unpaired) electrons. The number of amides is 1. The quantitative estimate of drug-likeness (QED) is 0.429. The lowest BCUT2D eigenvalue weighted by Crippen LogP contribution is -2.30. The summed E-state index contributed by atoms with van der Waals surface area (Å²) < 4.78 is 5.45. The minimum absolute atomic E-state index is 0.0174. The van der Waals surface area contributed by atoms with Gasteiger partial charge in [0, 0.05) is 17.8 Å². The van der Waals surface area contributed by atoms with Gasteiger partial charge >= 0.3 is 6.09 Å². The first-order valence-corrected chi connectivity index (χ1v) is 11.0. The monoisotopic (exact) mass is 440 g/mol. The van der Waals surface area contributed by atoms with Crippen molar-refractivity contribution in [2.75, 3.05) is 13.2 Å². The highest BCUT2D eigenvalue weighted by Gasteiger charge is 2.29. The number of nitrogens with zero attached hydrogens (tertiary/aromatic N) is 1. The fraction of sp³-hybridized carbons (Fsp3) is 0.304. The van der Waals surface area contributed by atoms with Crippen LogP contribution < -0.4 is 5.32 Å². The minimum atomic E-state index is -1.17. The third kappa shape index (κ3) is 4.62. The summed E-state index contributed by atoms with van der Waals surface area (Å²) in [5.41, 5.74) is 5.05. The molecule has 2 unspecified atom stereocenters. The molecule has 1 aliphatic rings. The van der Waals surface area contributed by atoms with E-state index < -0.39 is 18.3 Å². The molecule has 31 heavy (non-hydrogen) atoms. The van der Waals surface area contributed by atoms with Crippen LogP contribution in [0.2, 0.25) is 0 Å². The number of rotatable bonds is 8. The van der Waals surface area contributed by atoms with E-state index in [2.05, 4.69) is 34.6 Å². The molecule has 1 aliphatic carbocycles. The van der Waals surface area contributed by atoms with E-state index in [1.807, 2.05) is 24.3 Å². The topological polar surface area (TPSA) is 112 Å². The SMILES string of the molecule is O=C(NCCC(O)C(O)c1nc(CO)cs1)OCC1c2ccccc2-c2ccccc21. The van der Waals surface area contributed by atoms with Crippen molar-refractivity contribution in [2.24, 2.45) is 0 Å². The number of nitrogens with one attached hydrogen (secondary N) is 1. The molecule has 1 aromatic heterocycles. The maximum atomic E-state index is 12.2. The largest absolute Gasteiger partial charge is 0.449 e. The Morgan fingerprint density at radius 3 is 2.35 bits per heavy atom. The van der Waals surface area contributed by atoms with Gasteiger partial charge in [0.15, 0.2) is 0 Å². The number of aliphatic hydroxyl groups excluding tert-OH is 3. The number of benzene rings is 2. The predicted octanol–water partition coefficient (Wildman–Crippen LogP) is 2.96. The van der Waals surface area contributed by atoms with Crippen LogP contribution in [0.1, 0.15) is 40.3 Å². The van der Waals surface area contributed by atoms with Crippen molar-refractivity contribution in [3.8, 4) is 11.1 Å². The molecular weight excluding hydrogens is 416 g/mol. The van der Waals surface area contributed by atoms with Crippen molar-refractivity contribution in [3.63, 3.8) is 0 Å². The number of alkyl carbamates (subject to hydrolysis) is 1. The van der Waals surface area contributed by atoms with E-state index in [-0.39, 0.29) is 32.1 Å². The van der Waals surface area contributed by atoms with E-state index in [0.717, 1.165) is 22.3 Å². The van der Waals surface area contributed by atoms with Crippen LogP contribution in [-0.4, -0.2) is 45.7 Å². The van der Waals surface area contributed by atoms with Gasteiger partial charge in [0.25, 0.3) is 0 Å². The van der Waals surface area contributed by atoms with Gasteiger partial charge in [0.2, 0.25) is 0 Å². The number of thiazole rings is 1. The molecule has 0 saturated carbocycles. The van der Waals surface area contributed by atoms with Crippen LogP contribution in [-0.2, 0) is 11.3 Å². The van der Waals surface area contributed by atoms with Gasteiger partial charge < -0.3 is 25.4 Å². The van der Waals surface area contributed by atoms with Gasteiger partial charge in [0.1, 0.15) is 17.7 Å². The summed E-state index contributed by atoms with van der Waals surface area (Å²) in [5, 5.41) is 33.9. The highest BCUT2D eigenvalue weighted by molar-refractivity contribution is 7.09. The Balaban J connectivity index is 1.27. The number of hydrogen-bond donors (Lipinski definition) is 4. The first-order valence-electron chi connectivity index (χ1n) is 10.1. The van der Waals surface area contributed by atoms with Gasteiger partial charge in [-0.1, -0.05) is 48.5 Å². The molecule has 2 atom stereocenters. The maximum absolute atomic E-state index is 12.2. The summed E-state index contributed by atoms with van der Waals surface area (Å²) in [6.07, 6.45) is -2.69. The van der Waals surface area contributed by atoms with Gasteiger partial charge in [-0.15, -0.1) is 11.3 Å². The number of carbonyl (C=O) groups is 1. The molecule has 8 heteroatoms. The average Bonchev–Trinajstić information content (AvgIpc) is 3.40. The van der Waals surface area contributed by atoms with E-state index in [4.69, 9.17) is 9.84 Å². The smallest absolute Gasteiger partial charge is 0.407 e. The first-order chi connectivity index (χ1) is 15.1. The lowest BCUT2D eigenvalue weighted by molar-refractivity contribution is 0.0134. The van der Waals surface area contributed by atoms with E-state index in [0.29, 0.717) is 10.7 Å². The Kier molecular flexibility index (Phi) is 6.62. The molecule has 4 N–H and O–H groups in total. The van der Waals surface area contributed by atoms with Crippen LogP contribution in [0.15, 0.2) is 53.9 Å². The summed E-state index contributed by atoms with van der Waals surface area (Å²) in [6.45, 7) is 0.143. The van der Waals surface area contributed by atoms with E-state index >= 15 is 0 Å². The molecular formula is C23H24N2O5S. The van der Waals surface area contributed by atoms with Crippen LogP contribution in [0.5, 0.6) is 0 Å². The number of ether oxygens (including phenoxy) is 1. The lowest BCUT2D eigenvalue weighted by atomic mass is 9.98. The van der Waals surface area contributed by atoms with Crippen LogP contribution in [0.3, 0.4) is 0 Å². The number of carbonyl (C=O) groups excluding carboxylic acids is 1. The van der Waals surface area contributed by atoms with Crippen molar-refractivity contribution in [1.82, 2.24) is 10.3 Å². The number of aromatic nitrogens is 1. The van der Waals surface area contributed by atoms with Gasteiger partial charge in [-0.2, -0.15) is 0 Å². The summed E-state index contributed by atoms with van der Waals surface area (Å²) in [4.78, 5) is 16.2. The highest BCUT2D eigenvalue weighted by Crippen LogP contribution is 2.44. The van der Waals surface area contributed by atoms with E-state index in [1.54, 1.807) is 5.38 Å². The molecule has 1 heterocycles. The molecule has 0 bridgehead atoms. The van der Waals surface area contributed by atoms with Crippen LogP contribution in [0.4, 0.5) is 4.79 Å². The summed E-state index contributed by atoms with van der Waals surface area (Å²) in [6, 6.07) is 16.2. The molecule has 0 aliphatic heterocycles. The standard InChI is InChI=1S/C23H24N2O5S/c26-11-14-13-31-22(25-14)21(28)20(27)9-10-24-23(29)30-12-19-17-7-3-1-5-15(17)16-6-2-4-8-18(16)19/h1-8,13,19-21,26-28H,9-12H2,(H,24,29). The predicted molar refractivity (Wildman–Crippen MR) is 117 cm³/mol. The maximum Gasteiger partial charge on any atom is 0.407 e. The molecule has 2 aromatic carbocycles. The molecule has 1 amide bonds. The Labute approximate surface area is 184 Å². The van der Waals surface area contributed by atoms with Crippen LogP contribution in [0.25, 0.3) is 11.1 Å². The molecule has 162 valence electrons. The van der Waals surface area contributed by atoms with E-state index in [1.165, 1.54) is 11.3 Å². The zero-order valence-corrected chi connectivity index (χ0v) is 17.6. The van der Waals surface area contributed by atoms with Gasteiger partial charge in [-0.05, 0) is 28.7 Å². The van der Waals surface area contributed by atoms with Gasteiger partial charge in [0.05, 0.1) is 18.4 Å². The second-order valence-corrected chi connectivity index (χ2v) is 8.28. The zero-order chi connectivity index (χ0) is 21.8. The Morgan fingerprint density at radius 2 is 1.74 bits per heavy atom. The molecule has 0 spiro atoms. The van der Waals surface area contributed by atoms with Crippen molar-refractivity contribution in [2.45, 2.75) is 31.2 Å². The van der Waals surface area contributed by atoms with Crippen molar-refractivity contribution < 1.29 is 24.9 Å². The summed E-state index contributed by atoms with van der Waals surface area (Å²) in [7, 11) is 0. The summed E-state index contributed by atoms with van der Waals surface area (Å²) >= 11 is 1.17. The Morgan fingerprint density at radius 1 is 1.10 bits per heavy atom. The molecule has 4 rings (SSSR count). The second-order valence-electron chi connectivity index (χ2n) is 7.39. The average molecular weight is 441 g/mol. The van der Waals surface area contributed by atoms with Crippen LogP contribution >= 0.6 is 11.3 Å². The summed E-state index contributed by atoms with van der Waals surface area (Å²) in [5.74, 6) is -0.0174. The lowest BCUT2D eigenvalue weighted by Gasteiger charge is -2.17. The van der Waals surface area contributed by atoms with Crippen LogP contribution in [0, 0.1) is 0 Å². The number of fused-ring (bicyclic) bond motifs is 3. The zero-order valence-electron chi connectivity index (χ0n) is 16.8. The normalized spacial score (nSPS) is 14.5. The number of hydrogen-bond acceptors (Lipinski definition) is 7. The highest BCUT2D eigenvalue weighted by atomic mass is 32.1. The van der Waals surface area contributed by atoms with Crippen molar-refractivity contribution in [1.29, 1.82) is 0 Å². The van der Waals surface area contributed by atoms with Gasteiger partial charge in [-0.25, -0.2) is 9.78 Å². The molecule has 3 aromatic rings. The Hall–Kier alpha value is -2.78.